The fraction of sp³-hybridized carbons (Fsp3) is 0.588. The highest BCUT2D eigenvalue weighted by Gasteiger charge is 2.15. The maximum absolute atomic E-state index is 12.2. The summed E-state index contributed by atoms with van der Waals surface area (Å²) in [5, 5.41) is 0. The molecule has 0 radical (unpaired) electrons. The van der Waals surface area contributed by atoms with Crippen molar-refractivity contribution in [2.45, 2.75) is 32.8 Å². The summed E-state index contributed by atoms with van der Waals surface area (Å²) < 4.78 is 15.8. The van der Waals surface area contributed by atoms with Gasteiger partial charge >= 0.3 is 0 Å². The highest BCUT2D eigenvalue weighted by atomic mass is 16.5. The lowest BCUT2D eigenvalue weighted by molar-refractivity contribution is 0.0286. The van der Waals surface area contributed by atoms with Gasteiger partial charge in [0.15, 0.2) is 5.78 Å². The molecule has 4 nitrogen and oxygen atoms in total. The van der Waals surface area contributed by atoms with Crippen LogP contribution in [0.2, 0.25) is 0 Å². The number of rotatable bonds is 11. The van der Waals surface area contributed by atoms with E-state index in [1.807, 2.05) is 24.3 Å². The van der Waals surface area contributed by atoms with Crippen LogP contribution in [0.15, 0.2) is 24.3 Å². The lowest BCUT2D eigenvalue weighted by atomic mass is 10.0. The molecule has 0 fully saturated rings. The van der Waals surface area contributed by atoms with Crippen molar-refractivity contribution in [2.75, 3.05) is 33.5 Å². The molecule has 0 bridgehead atoms. The van der Waals surface area contributed by atoms with Gasteiger partial charge in [-0.15, -0.1) is 0 Å². The van der Waals surface area contributed by atoms with E-state index in [1.165, 1.54) is 5.56 Å². The van der Waals surface area contributed by atoms with Crippen LogP contribution in [0, 0.1) is 0 Å². The number of hydrogen-bond donors (Lipinski definition) is 0. The van der Waals surface area contributed by atoms with Crippen molar-refractivity contribution in [3.05, 3.63) is 35.4 Å². The van der Waals surface area contributed by atoms with E-state index in [9.17, 15) is 4.79 Å². The van der Waals surface area contributed by atoms with E-state index >= 15 is 0 Å². The van der Waals surface area contributed by atoms with Crippen LogP contribution in [0.25, 0.3) is 0 Å². The lowest BCUT2D eigenvalue weighted by Gasteiger charge is -2.12. The zero-order valence-electron chi connectivity index (χ0n) is 13.3. The molecule has 0 amide bonds. The quantitative estimate of drug-likeness (QED) is 0.465. The summed E-state index contributed by atoms with van der Waals surface area (Å²) in [7, 11) is 1.65. The smallest absolute Gasteiger partial charge is 0.191 e. The van der Waals surface area contributed by atoms with E-state index in [0.717, 1.165) is 12.8 Å². The van der Waals surface area contributed by atoms with Gasteiger partial charge in [0.2, 0.25) is 0 Å². The minimum absolute atomic E-state index is 0.0259. The van der Waals surface area contributed by atoms with Crippen LogP contribution in [0.4, 0.5) is 0 Å². The predicted molar refractivity (Wildman–Crippen MR) is 82.9 cm³/mol. The van der Waals surface area contributed by atoms with Crippen molar-refractivity contribution < 1.29 is 19.0 Å². The minimum Gasteiger partial charge on any atom is -0.382 e. The Hall–Kier alpha value is -1.23. The van der Waals surface area contributed by atoms with Gasteiger partial charge in [0.05, 0.1) is 13.2 Å². The van der Waals surface area contributed by atoms with E-state index in [-0.39, 0.29) is 5.78 Å². The monoisotopic (exact) mass is 294 g/mol. The van der Waals surface area contributed by atoms with Crippen LogP contribution in [-0.2, 0) is 20.6 Å². The standard InChI is InChI=1S/C17H26O4/c1-4-15-6-8-16(9-7-15)17(18)14(2)21-11-5-10-20-13-12-19-3/h6-9,14H,4-5,10-13H2,1-3H3. The summed E-state index contributed by atoms with van der Waals surface area (Å²) in [5.41, 5.74) is 1.93. The van der Waals surface area contributed by atoms with Crippen LogP contribution in [0.3, 0.4) is 0 Å². The Bertz CT molecular complexity index is 400. The number of hydrogen-bond acceptors (Lipinski definition) is 4. The van der Waals surface area contributed by atoms with Gasteiger partial charge in [-0.2, -0.15) is 0 Å². The molecule has 0 saturated carbocycles. The second-order valence-corrected chi connectivity index (χ2v) is 4.89. The van der Waals surface area contributed by atoms with E-state index < -0.39 is 6.10 Å². The molecule has 4 heteroatoms. The van der Waals surface area contributed by atoms with Crippen LogP contribution in [-0.4, -0.2) is 45.4 Å². The van der Waals surface area contributed by atoms with Crippen molar-refractivity contribution in [3.8, 4) is 0 Å². The Morgan fingerprint density at radius 3 is 2.43 bits per heavy atom. The zero-order chi connectivity index (χ0) is 15.5. The Balaban J connectivity index is 2.24. The Kier molecular flexibility index (Phi) is 8.90. The highest BCUT2D eigenvalue weighted by molar-refractivity contribution is 5.99. The summed E-state index contributed by atoms with van der Waals surface area (Å²) in [5.74, 6) is 0.0259. The molecule has 0 aromatic heterocycles. The molecule has 118 valence electrons. The van der Waals surface area contributed by atoms with Gasteiger partial charge in [-0.25, -0.2) is 0 Å². The number of aryl methyl sites for hydroxylation is 1. The number of ketones is 1. The largest absolute Gasteiger partial charge is 0.382 e. The number of ether oxygens (including phenoxy) is 3. The van der Waals surface area contributed by atoms with Crippen LogP contribution >= 0.6 is 0 Å². The maximum Gasteiger partial charge on any atom is 0.191 e. The van der Waals surface area contributed by atoms with Crippen molar-refractivity contribution >= 4 is 5.78 Å². The van der Waals surface area contributed by atoms with Crippen molar-refractivity contribution in [2.24, 2.45) is 0 Å². The molecule has 0 saturated heterocycles. The molecule has 1 unspecified atom stereocenters. The number of Topliss-reactive ketones (excluding diaryl/α,β-unsaturated/α-hetero) is 1. The van der Waals surface area contributed by atoms with Gasteiger partial charge in [-0.3, -0.25) is 4.79 Å². The fourth-order valence-electron chi connectivity index (χ4n) is 1.88. The van der Waals surface area contributed by atoms with Crippen molar-refractivity contribution in [3.63, 3.8) is 0 Å². The lowest BCUT2D eigenvalue weighted by Crippen LogP contribution is -2.22. The zero-order valence-corrected chi connectivity index (χ0v) is 13.3. The summed E-state index contributed by atoms with van der Waals surface area (Å²) >= 11 is 0. The summed E-state index contributed by atoms with van der Waals surface area (Å²) in [6, 6.07) is 7.72. The fourth-order valence-corrected chi connectivity index (χ4v) is 1.88. The number of benzene rings is 1. The van der Waals surface area contributed by atoms with E-state index in [4.69, 9.17) is 14.2 Å². The molecular formula is C17H26O4. The molecule has 1 rings (SSSR count). The van der Waals surface area contributed by atoms with Gasteiger partial charge in [-0.05, 0) is 25.3 Å². The minimum atomic E-state index is -0.420. The van der Waals surface area contributed by atoms with Gasteiger partial charge in [0.1, 0.15) is 6.10 Å². The average Bonchev–Trinajstić information content (AvgIpc) is 2.53. The molecule has 0 aliphatic heterocycles. The molecule has 0 heterocycles. The molecule has 0 spiro atoms. The Morgan fingerprint density at radius 2 is 1.81 bits per heavy atom. The van der Waals surface area contributed by atoms with Gasteiger partial charge in [-0.1, -0.05) is 31.2 Å². The third-order valence-electron chi connectivity index (χ3n) is 3.25. The van der Waals surface area contributed by atoms with E-state index in [1.54, 1.807) is 14.0 Å². The summed E-state index contributed by atoms with van der Waals surface area (Å²) in [6.07, 6.45) is 1.33. The number of methoxy groups -OCH3 is 1. The van der Waals surface area contributed by atoms with Gasteiger partial charge in [0, 0.05) is 25.9 Å². The van der Waals surface area contributed by atoms with Crippen LogP contribution in [0.5, 0.6) is 0 Å². The SMILES string of the molecule is CCc1ccc(C(=O)C(C)OCCCOCCOC)cc1. The van der Waals surface area contributed by atoms with Crippen LogP contribution in [0.1, 0.15) is 36.2 Å². The average molecular weight is 294 g/mol. The Labute approximate surface area is 127 Å². The topological polar surface area (TPSA) is 44.8 Å². The molecule has 0 aliphatic carbocycles. The van der Waals surface area contributed by atoms with E-state index in [2.05, 4.69) is 6.92 Å². The predicted octanol–water partition coefficient (Wildman–Crippen LogP) is 2.89. The van der Waals surface area contributed by atoms with E-state index in [0.29, 0.717) is 32.0 Å². The van der Waals surface area contributed by atoms with Gasteiger partial charge in [0.25, 0.3) is 0 Å². The van der Waals surface area contributed by atoms with Crippen molar-refractivity contribution in [1.82, 2.24) is 0 Å². The molecule has 0 N–H and O–H groups in total. The first kappa shape index (κ1) is 17.8. The van der Waals surface area contributed by atoms with Crippen molar-refractivity contribution in [1.29, 1.82) is 0 Å². The first-order chi connectivity index (χ1) is 10.2. The second-order valence-electron chi connectivity index (χ2n) is 4.89. The summed E-state index contributed by atoms with van der Waals surface area (Å²) in [6.45, 7) is 6.22. The first-order valence-electron chi connectivity index (χ1n) is 7.50. The normalized spacial score (nSPS) is 12.3. The maximum atomic E-state index is 12.2. The molecule has 1 aromatic carbocycles. The number of carbonyl (C=O) groups excluding carboxylic acids is 1. The first-order valence-corrected chi connectivity index (χ1v) is 7.50. The highest BCUT2D eigenvalue weighted by Crippen LogP contribution is 2.09. The molecular weight excluding hydrogens is 268 g/mol. The third kappa shape index (κ3) is 6.85. The molecule has 0 aliphatic rings. The third-order valence-corrected chi connectivity index (χ3v) is 3.25. The Morgan fingerprint density at radius 1 is 1.10 bits per heavy atom. The molecule has 1 aromatic rings. The molecule has 1 atom stereocenters. The molecule has 21 heavy (non-hydrogen) atoms. The second kappa shape index (κ2) is 10.5. The number of carbonyl (C=O) groups is 1. The van der Waals surface area contributed by atoms with Gasteiger partial charge < -0.3 is 14.2 Å². The summed E-state index contributed by atoms with van der Waals surface area (Å²) in [4.78, 5) is 12.2. The van der Waals surface area contributed by atoms with Crippen LogP contribution < -0.4 is 0 Å².